The number of sulfonamides is 1. The summed E-state index contributed by atoms with van der Waals surface area (Å²) < 4.78 is 38.4. The number of aryl methyl sites for hydroxylation is 1. The van der Waals surface area contributed by atoms with Crippen LogP contribution in [0.1, 0.15) is 18.1 Å². The molecule has 0 heterocycles. The van der Waals surface area contributed by atoms with E-state index in [-0.39, 0.29) is 4.90 Å². The molecule has 0 atom stereocenters. The number of nitrogens with one attached hydrogen (secondary N) is 1. The van der Waals surface area contributed by atoms with Crippen molar-refractivity contribution >= 4 is 27.3 Å². The van der Waals surface area contributed by atoms with E-state index >= 15 is 0 Å². The molecule has 0 fully saturated rings. The molecule has 0 aliphatic rings. The van der Waals surface area contributed by atoms with Crippen LogP contribution in [0.4, 0.5) is 5.69 Å². The van der Waals surface area contributed by atoms with E-state index in [1.165, 1.54) is 19.2 Å². The van der Waals surface area contributed by atoms with Crippen molar-refractivity contribution in [3.05, 3.63) is 83.9 Å². The topological polar surface area (TPSA) is 97.3 Å². The van der Waals surface area contributed by atoms with Gasteiger partial charge in [0.2, 0.25) is 0 Å². The Morgan fingerprint density at radius 3 is 2.24 bits per heavy atom. The summed E-state index contributed by atoms with van der Waals surface area (Å²) in [6.45, 7) is 3.08. The molecule has 0 aromatic heterocycles. The van der Waals surface area contributed by atoms with Crippen molar-refractivity contribution in [1.82, 2.24) is 5.43 Å². The van der Waals surface area contributed by atoms with Gasteiger partial charge in [0.15, 0.2) is 11.5 Å². The van der Waals surface area contributed by atoms with Gasteiger partial charge in [-0.15, -0.1) is 0 Å². The van der Waals surface area contributed by atoms with E-state index in [4.69, 9.17) is 9.47 Å². The number of methoxy groups -OCH3 is 2. The zero-order chi connectivity index (χ0) is 24.7. The highest BCUT2D eigenvalue weighted by atomic mass is 32.2. The number of ether oxygens (including phenoxy) is 2. The van der Waals surface area contributed by atoms with Crippen LogP contribution in [-0.2, 0) is 14.8 Å². The quantitative estimate of drug-likeness (QED) is 0.371. The van der Waals surface area contributed by atoms with Gasteiger partial charge in [-0.1, -0.05) is 36.4 Å². The molecule has 1 amide bonds. The van der Waals surface area contributed by atoms with Crippen molar-refractivity contribution in [1.29, 1.82) is 0 Å². The minimum Gasteiger partial charge on any atom is -0.493 e. The zero-order valence-electron chi connectivity index (χ0n) is 19.5. The number of hydrogen-bond acceptors (Lipinski definition) is 6. The van der Waals surface area contributed by atoms with Crippen LogP contribution >= 0.6 is 0 Å². The molecule has 0 bridgehead atoms. The number of hydrazone groups is 1. The van der Waals surface area contributed by atoms with E-state index in [1.807, 2.05) is 6.07 Å². The Hall–Kier alpha value is -3.85. The largest absolute Gasteiger partial charge is 0.493 e. The van der Waals surface area contributed by atoms with Crippen molar-refractivity contribution < 1.29 is 22.7 Å². The summed E-state index contributed by atoms with van der Waals surface area (Å²) in [5, 5.41) is 4.15. The van der Waals surface area contributed by atoms with Crippen molar-refractivity contribution in [2.24, 2.45) is 5.10 Å². The third kappa shape index (κ3) is 5.55. The molecule has 3 rings (SSSR count). The molecular weight excluding hydrogens is 454 g/mol. The van der Waals surface area contributed by atoms with Crippen molar-refractivity contribution in [3.8, 4) is 11.5 Å². The molecule has 0 spiro atoms. The SMILES string of the molecule is COc1ccc(C(C)=NNC(=O)CN(c2ccccc2C)S(=O)(=O)c2ccccc2)cc1OC. The van der Waals surface area contributed by atoms with Gasteiger partial charge in [-0.3, -0.25) is 9.10 Å². The molecule has 178 valence electrons. The second kappa shape index (κ2) is 10.8. The number of hydrogen-bond donors (Lipinski definition) is 1. The van der Waals surface area contributed by atoms with Crippen LogP contribution in [0, 0.1) is 6.92 Å². The van der Waals surface area contributed by atoms with Gasteiger partial charge in [-0.25, -0.2) is 13.8 Å². The Kier molecular flexibility index (Phi) is 7.91. The maximum absolute atomic E-state index is 13.4. The fourth-order valence-corrected chi connectivity index (χ4v) is 4.81. The number of nitrogens with zero attached hydrogens (tertiary/aromatic N) is 2. The normalized spacial score (nSPS) is 11.6. The van der Waals surface area contributed by atoms with E-state index in [0.717, 1.165) is 9.87 Å². The Morgan fingerprint density at radius 1 is 0.941 bits per heavy atom. The van der Waals surface area contributed by atoms with Gasteiger partial charge in [-0.05, 0) is 55.8 Å². The summed E-state index contributed by atoms with van der Waals surface area (Å²) in [4.78, 5) is 12.9. The minimum absolute atomic E-state index is 0.0936. The smallest absolute Gasteiger partial charge is 0.264 e. The van der Waals surface area contributed by atoms with Gasteiger partial charge < -0.3 is 9.47 Å². The molecule has 0 saturated carbocycles. The highest BCUT2D eigenvalue weighted by molar-refractivity contribution is 7.92. The predicted octanol–water partition coefficient (Wildman–Crippen LogP) is 3.75. The number of rotatable bonds is 9. The molecule has 9 heteroatoms. The Labute approximate surface area is 199 Å². The molecule has 3 aromatic rings. The van der Waals surface area contributed by atoms with E-state index in [0.29, 0.717) is 28.5 Å². The Balaban J connectivity index is 1.86. The summed E-state index contributed by atoms with van der Waals surface area (Å²) in [6.07, 6.45) is 0. The predicted molar refractivity (Wildman–Crippen MR) is 132 cm³/mol. The van der Waals surface area contributed by atoms with Crippen molar-refractivity contribution in [3.63, 3.8) is 0 Å². The van der Waals surface area contributed by atoms with E-state index in [9.17, 15) is 13.2 Å². The first kappa shape index (κ1) is 24.8. The maximum atomic E-state index is 13.4. The van der Waals surface area contributed by atoms with Gasteiger partial charge in [-0.2, -0.15) is 5.10 Å². The second-order valence-electron chi connectivity index (χ2n) is 7.41. The standard InChI is InChI=1S/C25H27N3O5S/c1-18-10-8-9-13-22(18)28(34(30,31)21-11-6-5-7-12-21)17-25(29)27-26-19(2)20-14-15-23(32-3)24(16-20)33-4/h5-16H,17H2,1-4H3,(H,27,29). The molecule has 0 radical (unpaired) electrons. The Morgan fingerprint density at radius 2 is 1.59 bits per heavy atom. The number of benzene rings is 3. The third-order valence-electron chi connectivity index (χ3n) is 5.15. The highest BCUT2D eigenvalue weighted by Gasteiger charge is 2.28. The summed E-state index contributed by atoms with van der Waals surface area (Å²) >= 11 is 0. The van der Waals surface area contributed by atoms with Gasteiger partial charge in [0, 0.05) is 5.56 Å². The van der Waals surface area contributed by atoms with Crippen LogP contribution in [-0.4, -0.2) is 40.8 Å². The summed E-state index contributed by atoms with van der Waals surface area (Å²) in [6, 6.07) is 20.3. The average Bonchev–Trinajstić information content (AvgIpc) is 2.86. The average molecular weight is 482 g/mol. The van der Waals surface area contributed by atoms with Gasteiger partial charge >= 0.3 is 0 Å². The summed E-state index contributed by atoms with van der Waals surface area (Å²) in [7, 11) is -0.911. The number of carbonyl (C=O) groups excluding carboxylic acids is 1. The summed E-state index contributed by atoms with van der Waals surface area (Å²) in [5.74, 6) is 0.520. The molecular formula is C25H27N3O5S. The lowest BCUT2D eigenvalue weighted by atomic mass is 10.1. The van der Waals surface area contributed by atoms with Crippen LogP contribution in [0.25, 0.3) is 0 Å². The Bertz CT molecular complexity index is 1290. The van der Waals surface area contributed by atoms with E-state index in [1.54, 1.807) is 75.6 Å². The van der Waals surface area contributed by atoms with E-state index < -0.39 is 22.5 Å². The molecule has 3 aromatic carbocycles. The minimum atomic E-state index is -3.99. The third-order valence-corrected chi connectivity index (χ3v) is 6.93. The number of carbonyl (C=O) groups is 1. The summed E-state index contributed by atoms with van der Waals surface area (Å²) in [5.41, 5.74) is 4.83. The van der Waals surface area contributed by atoms with Crippen LogP contribution in [0.15, 0.2) is 82.8 Å². The van der Waals surface area contributed by atoms with Gasteiger partial charge in [0.25, 0.3) is 15.9 Å². The second-order valence-corrected chi connectivity index (χ2v) is 9.28. The van der Waals surface area contributed by atoms with Crippen molar-refractivity contribution in [2.75, 3.05) is 25.1 Å². The van der Waals surface area contributed by atoms with E-state index in [2.05, 4.69) is 10.5 Å². The maximum Gasteiger partial charge on any atom is 0.264 e. The monoisotopic (exact) mass is 481 g/mol. The molecule has 0 saturated heterocycles. The molecule has 8 nitrogen and oxygen atoms in total. The van der Waals surface area contributed by atoms with Crippen LogP contribution in [0.2, 0.25) is 0 Å². The lowest BCUT2D eigenvalue weighted by Gasteiger charge is -2.25. The van der Waals surface area contributed by atoms with Crippen LogP contribution in [0.3, 0.4) is 0 Å². The lowest BCUT2D eigenvalue weighted by Crippen LogP contribution is -2.40. The molecule has 0 aliphatic heterocycles. The fourth-order valence-electron chi connectivity index (χ4n) is 3.30. The highest BCUT2D eigenvalue weighted by Crippen LogP contribution is 2.28. The van der Waals surface area contributed by atoms with Crippen LogP contribution in [0.5, 0.6) is 11.5 Å². The molecule has 0 unspecified atom stereocenters. The molecule has 34 heavy (non-hydrogen) atoms. The first-order valence-corrected chi connectivity index (χ1v) is 11.9. The number of anilines is 1. The number of para-hydroxylation sites is 1. The molecule has 1 N–H and O–H groups in total. The van der Waals surface area contributed by atoms with Crippen molar-refractivity contribution in [2.45, 2.75) is 18.7 Å². The van der Waals surface area contributed by atoms with Gasteiger partial charge in [0.1, 0.15) is 6.54 Å². The first-order valence-electron chi connectivity index (χ1n) is 10.5. The zero-order valence-corrected chi connectivity index (χ0v) is 20.3. The fraction of sp³-hybridized carbons (Fsp3) is 0.200. The van der Waals surface area contributed by atoms with Crippen LogP contribution < -0.4 is 19.2 Å². The first-order chi connectivity index (χ1) is 16.3. The lowest BCUT2D eigenvalue weighted by molar-refractivity contribution is -0.119. The molecule has 0 aliphatic carbocycles. The number of amides is 1. The van der Waals surface area contributed by atoms with Gasteiger partial charge in [0.05, 0.1) is 30.5 Å².